The summed E-state index contributed by atoms with van der Waals surface area (Å²) >= 11 is 0. The van der Waals surface area contributed by atoms with Gasteiger partial charge in [-0.3, -0.25) is 20.2 Å². The molecule has 0 saturated carbocycles. The zero-order chi connectivity index (χ0) is 32.9. The third-order valence-electron chi connectivity index (χ3n) is 8.10. The predicted molar refractivity (Wildman–Crippen MR) is 177 cm³/mol. The molecular formula is C36H28N2O8. The number of nitro benzene ring substituents is 2. The van der Waals surface area contributed by atoms with Gasteiger partial charge in [0.2, 0.25) is 0 Å². The van der Waals surface area contributed by atoms with E-state index in [9.17, 15) is 30.4 Å². The van der Waals surface area contributed by atoms with Crippen molar-refractivity contribution >= 4 is 32.9 Å². The van der Waals surface area contributed by atoms with Gasteiger partial charge in [0.25, 0.3) is 11.4 Å². The minimum absolute atomic E-state index is 0.110. The van der Waals surface area contributed by atoms with Gasteiger partial charge in [-0.2, -0.15) is 0 Å². The number of ether oxygens (including phenoxy) is 2. The molecule has 0 heterocycles. The van der Waals surface area contributed by atoms with Crippen LogP contribution in [-0.4, -0.2) is 34.3 Å². The Morgan fingerprint density at radius 2 is 0.957 bits per heavy atom. The predicted octanol–water partition coefficient (Wildman–Crippen LogP) is 8.86. The molecule has 0 aliphatic carbocycles. The molecule has 46 heavy (non-hydrogen) atoms. The maximum absolute atomic E-state index is 11.9. The third kappa shape index (κ3) is 4.95. The van der Waals surface area contributed by atoms with Gasteiger partial charge in [-0.1, -0.05) is 36.4 Å². The van der Waals surface area contributed by atoms with Gasteiger partial charge in [-0.25, -0.2) is 0 Å². The van der Waals surface area contributed by atoms with Crippen LogP contribution in [0.4, 0.5) is 11.4 Å². The number of fused-ring (bicyclic) bond motifs is 2. The van der Waals surface area contributed by atoms with E-state index in [1.54, 1.807) is 48.5 Å². The summed E-state index contributed by atoms with van der Waals surface area (Å²) in [6.07, 6.45) is 0. The van der Waals surface area contributed by atoms with E-state index >= 15 is 0 Å². The van der Waals surface area contributed by atoms with Crippen LogP contribution in [0.5, 0.6) is 23.0 Å². The fraction of sp³-hybridized carbons (Fsp3) is 0.111. The summed E-state index contributed by atoms with van der Waals surface area (Å²) in [4.78, 5) is 22.4. The van der Waals surface area contributed by atoms with Gasteiger partial charge in [0.15, 0.2) is 0 Å². The molecule has 0 spiro atoms. The number of phenolic OH excluding ortho intramolecular Hbond substituents is 2. The second-order valence-electron chi connectivity index (χ2n) is 11.0. The summed E-state index contributed by atoms with van der Waals surface area (Å²) in [6, 6.07) is 22.9. The number of nitrogens with zero attached hydrogens (tertiary/aromatic N) is 2. The van der Waals surface area contributed by atoms with Crippen molar-refractivity contribution in [2.75, 3.05) is 14.2 Å². The lowest BCUT2D eigenvalue weighted by molar-refractivity contribution is -0.385. The molecule has 10 nitrogen and oxygen atoms in total. The highest BCUT2D eigenvalue weighted by Gasteiger charge is 2.25. The van der Waals surface area contributed by atoms with E-state index in [-0.39, 0.29) is 34.0 Å². The van der Waals surface area contributed by atoms with Gasteiger partial charge in [0.05, 0.1) is 34.8 Å². The lowest BCUT2D eigenvalue weighted by Crippen LogP contribution is -1.96. The number of nitro groups is 2. The largest absolute Gasteiger partial charge is 0.507 e. The van der Waals surface area contributed by atoms with Crippen LogP contribution in [0.3, 0.4) is 0 Å². The molecule has 2 N–H and O–H groups in total. The monoisotopic (exact) mass is 616 g/mol. The summed E-state index contributed by atoms with van der Waals surface area (Å²) in [6.45, 7) is 3.75. The number of rotatable bonds is 7. The summed E-state index contributed by atoms with van der Waals surface area (Å²) in [5.41, 5.74) is 4.02. The Bertz CT molecular complexity index is 2080. The molecule has 0 aliphatic heterocycles. The minimum atomic E-state index is -0.479. The van der Waals surface area contributed by atoms with Crippen LogP contribution in [0.25, 0.3) is 54.9 Å². The first-order valence-corrected chi connectivity index (χ1v) is 14.2. The van der Waals surface area contributed by atoms with Crippen molar-refractivity contribution in [1.29, 1.82) is 0 Å². The number of methoxy groups -OCH3 is 2. The van der Waals surface area contributed by atoms with Crippen molar-refractivity contribution in [3.63, 3.8) is 0 Å². The van der Waals surface area contributed by atoms with Crippen LogP contribution < -0.4 is 9.47 Å². The van der Waals surface area contributed by atoms with Gasteiger partial charge >= 0.3 is 0 Å². The molecule has 0 unspecified atom stereocenters. The van der Waals surface area contributed by atoms with Gasteiger partial charge < -0.3 is 19.7 Å². The highest BCUT2D eigenvalue weighted by molar-refractivity contribution is 6.12. The molecule has 6 rings (SSSR count). The Morgan fingerprint density at radius 1 is 0.565 bits per heavy atom. The van der Waals surface area contributed by atoms with Crippen molar-refractivity contribution in [2.45, 2.75) is 13.8 Å². The van der Waals surface area contributed by atoms with E-state index in [1.165, 1.54) is 38.5 Å². The van der Waals surface area contributed by atoms with Gasteiger partial charge in [0, 0.05) is 35.4 Å². The van der Waals surface area contributed by atoms with Crippen LogP contribution >= 0.6 is 0 Å². The highest BCUT2D eigenvalue weighted by atomic mass is 16.6. The van der Waals surface area contributed by atoms with Crippen molar-refractivity contribution in [3.8, 4) is 56.4 Å². The lowest BCUT2D eigenvalue weighted by atomic mass is 9.87. The summed E-state index contributed by atoms with van der Waals surface area (Å²) < 4.78 is 11.4. The molecule has 0 saturated heterocycles. The van der Waals surface area contributed by atoms with Gasteiger partial charge in [-0.05, 0) is 82.3 Å². The van der Waals surface area contributed by atoms with E-state index in [4.69, 9.17) is 9.47 Å². The van der Waals surface area contributed by atoms with Crippen molar-refractivity contribution < 1.29 is 29.5 Å². The van der Waals surface area contributed by atoms with Crippen molar-refractivity contribution in [3.05, 3.63) is 116 Å². The average Bonchev–Trinajstić information content (AvgIpc) is 3.04. The second-order valence-corrected chi connectivity index (χ2v) is 11.0. The number of benzene rings is 6. The molecule has 0 bridgehead atoms. The summed E-state index contributed by atoms with van der Waals surface area (Å²) in [5, 5.41) is 49.2. The van der Waals surface area contributed by atoms with Gasteiger partial charge in [-0.15, -0.1) is 0 Å². The molecule has 6 aromatic carbocycles. The molecular weight excluding hydrogens is 588 g/mol. The third-order valence-corrected chi connectivity index (χ3v) is 8.10. The zero-order valence-electron chi connectivity index (χ0n) is 25.3. The van der Waals surface area contributed by atoms with Crippen molar-refractivity contribution in [2.24, 2.45) is 0 Å². The van der Waals surface area contributed by atoms with Crippen LogP contribution in [0.15, 0.2) is 84.9 Å². The molecule has 0 radical (unpaired) electrons. The average molecular weight is 617 g/mol. The first-order valence-electron chi connectivity index (χ1n) is 14.2. The standard InChI is InChI=1S/C36H28N2O8/c1-19-11-27-25(21-7-5-9-23(15-21)37(41)42)17-29(35(39)33(27)31(13-19)45-3)30-18-26(22-8-6-10-24(16-22)38(43)44)28-12-20(2)14-32(46-4)34(28)36(30)40/h5-18,39-40H,1-4H3. The number of phenols is 2. The Balaban J connectivity index is 1.78. The number of aryl methyl sites for hydroxylation is 2. The number of hydrogen-bond donors (Lipinski definition) is 2. The maximum Gasteiger partial charge on any atom is 0.270 e. The number of hydrogen-bond acceptors (Lipinski definition) is 8. The first kappa shape index (κ1) is 29.9. The fourth-order valence-corrected chi connectivity index (χ4v) is 6.05. The second kappa shape index (κ2) is 11.4. The molecule has 6 aromatic rings. The molecule has 230 valence electrons. The Morgan fingerprint density at radius 3 is 1.30 bits per heavy atom. The Kier molecular flexibility index (Phi) is 7.41. The maximum atomic E-state index is 11.9. The number of non-ortho nitro benzene ring substituents is 2. The van der Waals surface area contributed by atoms with E-state index in [1.807, 2.05) is 26.0 Å². The Labute approximate surface area is 263 Å². The Hall–Kier alpha value is -6.16. The van der Waals surface area contributed by atoms with E-state index in [0.29, 0.717) is 55.3 Å². The van der Waals surface area contributed by atoms with Crippen LogP contribution in [0, 0.1) is 34.1 Å². The molecule has 0 fully saturated rings. The van der Waals surface area contributed by atoms with Crippen molar-refractivity contribution in [1.82, 2.24) is 0 Å². The SMILES string of the molecule is COc1cc(C)cc2c(-c3cccc([N+](=O)[O-])c3)cc(-c3cc(-c4cccc([N+](=O)[O-])c4)c4cc(C)cc(OC)c4c3O)c(O)c12. The lowest BCUT2D eigenvalue weighted by Gasteiger charge is -2.20. The normalized spacial score (nSPS) is 11.1. The topological polar surface area (TPSA) is 145 Å². The number of aromatic hydroxyl groups is 2. The molecule has 0 aromatic heterocycles. The fourth-order valence-electron chi connectivity index (χ4n) is 6.05. The molecule has 0 atom stereocenters. The molecule has 0 amide bonds. The molecule has 10 heteroatoms. The van der Waals surface area contributed by atoms with E-state index < -0.39 is 9.85 Å². The van der Waals surface area contributed by atoms with Crippen LogP contribution in [-0.2, 0) is 0 Å². The quantitative estimate of drug-likeness (QED) is 0.134. The van der Waals surface area contributed by atoms with Crippen LogP contribution in [0.1, 0.15) is 11.1 Å². The van der Waals surface area contributed by atoms with Gasteiger partial charge in [0.1, 0.15) is 23.0 Å². The summed E-state index contributed by atoms with van der Waals surface area (Å²) in [5.74, 6) is 0.361. The van der Waals surface area contributed by atoms with E-state index in [0.717, 1.165) is 11.1 Å². The minimum Gasteiger partial charge on any atom is -0.507 e. The van der Waals surface area contributed by atoms with Crippen LogP contribution in [0.2, 0.25) is 0 Å². The highest BCUT2D eigenvalue weighted by Crippen LogP contribution is 2.52. The molecule has 0 aliphatic rings. The van der Waals surface area contributed by atoms with E-state index in [2.05, 4.69) is 0 Å². The zero-order valence-corrected chi connectivity index (χ0v) is 25.3. The summed E-state index contributed by atoms with van der Waals surface area (Å²) in [7, 11) is 2.96. The first-order chi connectivity index (χ1) is 22.0. The smallest absolute Gasteiger partial charge is 0.270 e.